The van der Waals surface area contributed by atoms with E-state index >= 15 is 0 Å². The molecule has 17 heavy (non-hydrogen) atoms. The van der Waals surface area contributed by atoms with Crippen LogP contribution in [0.25, 0.3) is 0 Å². The molecule has 2 aromatic rings. The van der Waals surface area contributed by atoms with Crippen molar-refractivity contribution in [3.63, 3.8) is 0 Å². The van der Waals surface area contributed by atoms with Gasteiger partial charge in [0, 0.05) is 18.3 Å². The number of rotatable bonds is 3. The van der Waals surface area contributed by atoms with Crippen LogP contribution in [0.4, 0.5) is 5.13 Å². The van der Waals surface area contributed by atoms with E-state index in [0.29, 0.717) is 22.9 Å². The highest BCUT2D eigenvalue weighted by atomic mass is 79.9. The first-order chi connectivity index (χ1) is 8.19. The van der Waals surface area contributed by atoms with E-state index in [4.69, 9.17) is 5.73 Å². The van der Waals surface area contributed by atoms with E-state index in [2.05, 4.69) is 31.2 Å². The molecule has 3 N–H and O–H groups in total. The molecule has 0 aromatic carbocycles. The number of carbonyl (C=O) groups excluding carboxylic acids is 1. The van der Waals surface area contributed by atoms with Gasteiger partial charge in [-0.25, -0.2) is 4.98 Å². The summed E-state index contributed by atoms with van der Waals surface area (Å²) in [4.78, 5) is 19.9. The van der Waals surface area contributed by atoms with Crippen molar-refractivity contribution < 1.29 is 4.79 Å². The molecule has 0 saturated heterocycles. The third-order valence-corrected chi connectivity index (χ3v) is 3.38. The van der Waals surface area contributed by atoms with Crippen LogP contribution in [0.2, 0.25) is 0 Å². The number of hydrogen-bond acceptors (Lipinski definition) is 5. The van der Waals surface area contributed by atoms with Gasteiger partial charge in [0.05, 0.1) is 15.7 Å². The second kappa shape index (κ2) is 5.35. The van der Waals surface area contributed by atoms with Gasteiger partial charge in [-0.3, -0.25) is 15.1 Å². The smallest absolute Gasteiger partial charge is 0.257 e. The number of hydrogen-bond donors (Lipinski definition) is 2. The molecule has 2 rings (SSSR count). The largest absolute Gasteiger partial charge is 0.325 e. The minimum atomic E-state index is -0.219. The topological polar surface area (TPSA) is 80.9 Å². The zero-order valence-electron chi connectivity index (χ0n) is 8.68. The van der Waals surface area contributed by atoms with Crippen molar-refractivity contribution in [2.24, 2.45) is 5.73 Å². The summed E-state index contributed by atoms with van der Waals surface area (Å²) in [6, 6.07) is 3.30. The molecule has 88 valence electrons. The summed E-state index contributed by atoms with van der Waals surface area (Å²) in [6.07, 6.45) is 3.20. The first kappa shape index (κ1) is 12.2. The Bertz CT molecular complexity index is 543. The number of pyridine rings is 1. The maximum absolute atomic E-state index is 11.9. The molecule has 1 amide bonds. The summed E-state index contributed by atoms with van der Waals surface area (Å²) in [5, 5.41) is 3.25. The van der Waals surface area contributed by atoms with E-state index in [1.54, 1.807) is 24.5 Å². The zero-order chi connectivity index (χ0) is 12.3. The second-order valence-corrected chi connectivity index (χ2v) is 5.57. The van der Waals surface area contributed by atoms with Gasteiger partial charge in [0.15, 0.2) is 5.13 Å². The van der Waals surface area contributed by atoms with Crippen molar-refractivity contribution in [3.8, 4) is 0 Å². The Morgan fingerprint density at radius 3 is 3.00 bits per heavy atom. The highest BCUT2D eigenvalue weighted by molar-refractivity contribution is 9.11. The highest BCUT2D eigenvalue weighted by Crippen LogP contribution is 2.23. The van der Waals surface area contributed by atoms with Crippen molar-refractivity contribution in [3.05, 3.63) is 39.6 Å². The molecule has 0 bridgehead atoms. The lowest BCUT2D eigenvalue weighted by atomic mass is 10.2. The fraction of sp³-hybridized carbons (Fsp3) is 0.100. The quantitative estimate of drug-likeness (QED) is 0.908. The molecule has 0 aliphatic carbocycles. The van der Waals surface area contributed by atoms with Crippen LogP contribution in [0.3, 0.4) is 0 Å². The van der Waals surface area contributed by atoms with E-state index in [-0.39, 0.29) is 5.91 Å². The molecular weight excluding hydrogens is 304 g/mol. The third-order valence-electron chi connectivity index (χ3n) is 1.99. The van der Waals surface area contributed by atoms with E-state index in [0.717, 1.165) is 3.79 Å². The molecule has 2 aromatic heterocycles. The Morgan fingerprint density at radius 1 is 1.53 bits per heavy atom. The molecule has 7 heteroatoms. The summed E-state index contributed by atoms with van der Waals surface area (Å²) in [5.74, 6) is -0.219. The fourth-order valence-corrected chi connectivity index (χ4v) is 2.31. The minimum absolute atomic E-state index is 0.219. The number of nitrogens with one attached hydrogen (secondary N) is 1. The first-order valence-corrected chi connectivity index (χ1v) is 6.37. The Balaban J connectivity index is 2.14. The molecule has 0 atom stereocenters. The molecule has 0 aliphatic heterocycles. The van der Waals surface area contributed by atoms with Crippen LogP contribution in [0.1, 0.15) is 16.1 Å². The maximum Gasteiger partial charge on any atom is 0.257 e. The van der Waals surface area contributed by atoms with Crippen LogP contribution in [0, 0.1) is 0 Å². The normalized spacial score (nSPS) is 10.2. The van der Waals surface area contributed by atoms with Crippen molar-refractivity contribution in [2.75, 3.05) is 5.32 Å². The van der Waals surface area contributed by atoms with Crippen LogP contribution in [-0.2, 0) is 6.54 Å². The predicted molar refractivity (Wildman–Crippen MR) is 69.9 cm³/mol. The lowest BCUT2D eigenvalue weighted by Gasteiger charge is -2.02. The molecule has 0 radical (unpaired) electrons. The maximum atomic E-state index is 11.9. The summed E-state index contributed by atoms with van der Waals surface area (Å²) in [7, 11) is 0. The lowest BCUT2D eigenvalue weighted by molar-refractivity contribution is 0.102. The minimum Gasteiger partial charge on any atom is -0.325 e. The van der Waals surface area contributed by atoms with Crippen LogP contribution >= 0.6 is 27.3 Å². The second-order valence-electron chi connectivity index (χ2n) is 3.16. The van der Waals surface area contributed by atoms with Gasteiger partial charge in [-0.1, -0.05) is 11.3 Å². The number of nitrogens with two attached hydrogens (primary N) is 1. The first-order valence-electron chi connectivity index (χ1n) is 4.76. The number of aromatic nitrogens is 2. The fourth-order valence-electron chi connectivity index (χ4n) is 1.21. The Labute approximate surface area is 110 Å². The average molecular weight is 313 g/mol. The third kappa shape index (κ3) is 3.09. The van der Waals surface area contributed by atoms with Gasteiger partial charge in [-0.2, -0.15) is 0 Å². The van der Waals surface area contributed by atoms with Gasteiger partial charge in [-0.15, -0.1) is 0 Å². The van der Waals surface area contributed by atoms with Gasteiger partial charge in [-0.05, 0) is 28.1 Å². The van der Waals surface area contributed by atoms with E-state index in [9.17, 15) is 4.79 Å². The van der Waals surface area contributed by atoms with E-state index in [1.165, 1.54) is 11.3 Å². The Hall–Kier alpha value is -1.31. The molecule has 2 heterocycles. The zero-order valence-corrected chi connectivity index (χ0v) is 11.1. The Morgan fingerprint density at radius 2 is 2.35 bits per heavy atom. The Kier molecular flexibility index (Phi) is 3.82. The van der Waals surface area contributed by atoms with Crippen LogP contribution in [0.5, 0.6) is 0 Å². The van der Waals surface area contributed by atoms with Crippen LogP contribution < -0.4 is 11.1 Å². The molecule has 0 fully saturated rings. The average Bonchev–Trinajstić information content (AvgIpc) is 2.75. The van der Waals surface area contributed by atoms with Gasteiger partial charge in [0.25, 0.3) is 5.91 Å². The molecule has 0 unspecified atom stereocenters. The van der Waals surface area contributed by atoms with E-state index < -0.39 is 0 Å². The summed E-state index contributed by atoms with van der Waals surface area (Å²) >= 11 is 4.63. The summed E-state index contributed by atoms with van der Waals surface area (Å²) in [5.41, 5.74) is 6.66. The molecule has 0 spiro atoms. The van der Waals surface area contributed by atoms with Crippen LogP contribution in [-0.4, -0.2) is 15.9 Å². The summed E-state index contributed by atoms with van der Waals surface area (Å²) < 4.78 is 0.866. The van der Waals surface area contributed by atoms with Gasteiger partial charge in [0.1, 0.15) is 0 Å². The van der Waals surface area contributed by atoms with Crippen LogP contribution in [0.15, 0.2) is 28.3 Å². The standard InChI is InChI=1S/C10H9BrN4OS/c11-8-5-14-10(17-8)15-9(16)6-1-2-13-7(3-6)4-12/h1-3,5H,4,12H2,(H,14,15,16). The molecular formula is C10H9BrN4OS. The number of thiazole rings is 1. The highest BCUT2D eigenvalue weighted by Gasteiger charge is 2.09. The van der Waals surface area contributed by atoms with Gasteiger partial charge in [0.2, 0.25) is 0 Å². The number of anilines is 1. The predicted octanol–water partition coefficient (Wildman–Crippen LogP) is 2.01. The lowest BCUT2D eigenvalue weighted by Crippen LogP contribution is -2.12. The number of nitrogens with zero attached hydrogens (tertiary/aromatic N) is 2. The van der Waals surface area contributed by atoms with Crippen molar-refractivity contribution in [1.29, 1.82) is 0 Å². The monoisotopic (exact) mass is 312 g/mol. The molecule has 5 nitrogen and oxygen atoms in total. The summed E-state index contributed by atoms with van der Waals surface area (Å²) in [6.45, 7) is 0.309. The van der Waals surface area contributed by atoms with Crippen molar-refractivity contribution in [1.82, 2.24) is 9.97 Å². The number of amides is 1. The number of carbonyl (C=O) groups is 1. The van der Waals surface area contributed by atoms with Gasteiger partial charge < -0.3 is 5.73 Å². The van der Waals surface area contributed by atoms with Crippen molar-refractivity contribution >= 4 is 38.3 Å². The number of halogens is 1. The van der Waals surface area contributed by atoms with Crippen molar-refractivity contribution in [2.45, 2.75) is 6.54 Å². The SMILES string of the molecule is NCc1cc(C(=O)Nc2ncc(Br)s2)ccn1. The van der Waals surface area contributed by atoms with Gasteiger partial charge >= 0.3 is 0 Å². The molecule has 0 aliphatic rings. The molecule has 0 saturated carbocycles. The van der Waals surface area contributed by atoms with E-state index in [1.807, 2.05) is 0 Å².